The van der Waals surface area contributed by atoms with Crippen LogP contribution in [0.4, 0.5) is 4.70 Å². The summed E-state index contributed by atoms with van der Waals surface area (Å²) >= 11 is 0. The van der Waals surface area contributed by atoms with E-state index in [1.807, 2.05) is 0 Å². The van der Waals surface area contributed by atoms with Crippen LogP contribution in [-0.4, -0.2) is 0 Å². The van der Waals surface area contributed by atoms with E-state index in [4.69, 9.17) is 0 Å². The highest BCUT2D eigenvalue weighted by Crippen LogP contribution is 2.23. The molecule has 0 aromatic carbocycles. The Labute approximate surface area is 58.0 Å². The van der Waals surface area contributed by atoms with Gasteiger partial charge in [0.2, 0.25) is 0 Å². The maximum atomic E-state index is 2.28. The van der Waals surface area contributed by atoms with Crippen molar-refractivity contribution in [2.45, 2.75) is 41.0 Å². The molecule has 0 aliphatic rings. The van der Waals surface area contributed by atoms with Crippen LogP contribution in [0.1, 0.15) is 41.0 Å². The van der Waals surface area contributed by atoms with Crippen LogP contribution < -0.4 is 0 Å². The lowest BCUT2D eigenvalue weighted by atomic mass is 9.86. The average molecular weight is 134 g/mol. The van der Waals surface area contributed by atoms with E-state index in [2.05, 4.69) is 34.6 Å². The fraction of sp³-hybridized carbons (Fsp3) is 1.00. The molecule has 0 rings (SSSR count). The minimum Gasteiger partial charge on any atom is -0.269 e. The normalized spacial score (nSPS) is 11.3. The van der Waals surface area contributed by atoms with Crippen molar-refractivity contribution in [2.24, 2.45) is 11.3 Å². The van der Waals surface area contributed by atoms with E-state index >= 15 is 0 Å². The van der Waals surface area contributed by atoms with E-state index in [9.17, 15) is 0 Å². The van der Waals surface area contributed by atoms with Gasteiger partial charge in [-0.15, -0.1) is 0 Å². The summed E-state index contributed by atoms with van der Waals surface area (Å²) in [6, 6.07) is 0. The zero-order valence-corrected chi connectivity index (χ0v) is 7.19. The molecule has 0 spiro atoms. The van der Waals surface area contributed by atoms with Gasteiger partial charge in [0.05, 0.1) is 0 Å². The van der Waals surface area contributed by atoms with Crippen LogP contribution in [0, 0.1) is 11.3 Å². The molecule has 0 fully saturated rings. The van der Waals surface area contributed by atoms with Gasteiger partial charge in [-0.1, -0.05) is 34.6 Å². The predicted molar refractivity (Wildman–Crippen MR) is 41.4 cm³/mol. The summed E-state index contributed by atoms with van der Waals surface area (Å²) in [4.78, 5) is 0. The van der Waals surface area contributed by atoms with Crippen LogP contribution in [0.25, 0.3) is 0 Å². The smallest absolute Gasteiger partial charge is 0.0380 e. The molecule has 0 unspecified atom stereocenters. The minimum atomic E-state index is 0. The van der Waals surface area contributed by atoms with Crippen LogP contribution in [0.3, 0.4) is 0 Å². The van der Waals surface area contributed by atoms with E-state index in [0.29, 0.717) is 5.41 Å². The standard InChI is InChI=1S/C8H18.FH/c1-7(2)6-8(3,4)5;/h7H,6H2,1-5H3;1H. The maximum absolute atomic E-state index is 2.28. The van der Waals surface area contributed by atoms with Gasteiger partial charge >= 0.3 is 0 Å². The second-order valence-corrected chi connectivity index (χ2v) is 4.16. The van der Waals surface area contributed by atoms with E-state index < -0.39 is 0 Å². The highest BCUT2D eigenvalue weighted by molar-refractivity contribution is 4.62. The maximum Gasteiger partial charge on any atom is -0.0380 e. The van der Waals surface area contributed by atoms with Gasteiger partial charge in [-0.2, -0.15) is 0 Å². The summed E-state index contributed by atoms with van der Waals surface area (Å²) in [5.74, 6) is 0.843. The largest absolute Gasteiger partial charge is 0.269 e. The molecule has 0 aliphatic carbocycles. The third kappa shape index (κ3) is 11.5. The lowest BCUT2D eigenvalue weighted by Gasteiger charge is -2.19. The minimum absolute atomic E-state index is 0. The van der Waals surface area contributed by atoms with Crippen LogP contribution >= 0.6 is 0 Å². The van der Waals surface area contributed by atoms with Gasteiger partial charge in [0.25, 0.3) is 0 Å². The van der Waals surface area contributed by atoms with Crippen molar-refractivity contribution in [2.75, 3.05) is 0 Å². The SMILES string of the molecule is CC(C)CC(C)(C)C.F. The topological polar surface area (TPSA) is 0 Å². The second kappa shape index (κ2) is 3.86. The number of hydrogen-bond acceptors (Lipinski definition) is 0. The highest BCUT2D eigenvalue weighted by atomic mass is 19.0. The molecule has 0 N–H and O–H groups in total. The monoisotopic (exact) mass is 134 g/mol. The lowest BCUT2D eigenvalue weighted by molar-refractivity contribution is 0.320. The predicted octanol–water partition coefficient (Wildman–Crippen LogP) is 3.23. The van der Waals surface area contributed by atoms with Crippen molar-refractivity contribution in [3.8, 4) is 0 Å². The molecule has 0 aromatic heterocycles. The van der Waals surface area contributed by atoms with Gasteiger partial charge in [-0.05, 0) is 17.8 Å². The zero-order valence-electron chi connectivity index (χ0n) is 7.19. The molecule has 0 bridgehead atoms. The molecule has 0 saturated carbocycles. The summed E-state index contributed by atoms with van der Waals surface area (Å²) in [6.07, 6.45) is 1.33. The summed E-state index contributed by atoms with van der Waals surface area (Å²) in [7, 11) is 0. The van der Waals surface area contributed by atoms with Crippen molar-refractivity contribution in [1.82, 2.24) is 0 Å². The van der Waals surface area contributed by atoms with Crippen molar-refractivity contribution >= 4 is 0 Å². The van der Waals surface area contributed by atoms with Crippen LogP contribution in [0.15, 0.2) is 0 Å². The summed E-state index contributed by atoms with van der Waals surface area (Å²) in [5.41, 5.74) is 0.522. The Hall–Kier alpha value is -0.0700. The fourth-order valence-electron chi connectivity index (χ4n) is 1.22. The summed E-state index contributed by atoms with van der Waals surface area (Å²) in [6.45, 7) is 11.4. The first-order valence-electron chi connectivity index (χ1n) is 3.42. The van der Waals surface area contributed by atoms with Crippen LogP contribution in [0.2, 0.25) is 0 Å². The first-order chi connectivity index (χ1) is 3.42. The quantitative estimate of drug-likeness (QED) is 0.516. The molecule has 9 heavy (non-hydrogen) atoms. The Morgan fingerprint density at radius 1 is 1.11 bits per heavy atom. The number of hydrogen-bond donors (Lipinski definition) is 0. The Balaban J connectivity index is 0. The van der Waals surface area contributed by atoms with E-state index in [-0.39, 0.29) is 4.70 Å². The second-order valence-electron chi connectivity index (χ2n) is 4.16. The van der Waals surface area contributed by atoms with Gasteiger partial charge in [0.1, 0.15) is 0 Å². The van der Waals surface area contributed by atoms with Crippen molar-refractivity contribution in [3.63, 3.8) is 0 Å². The summed E-state index contributed by atoms with van der Waals surface area (Å²) in [5, 5.41) is 0. The van der Waals surface area contributed by atoms with Gasteiger partial charge in [0, 0.05) is 0 Å². The Morgan fingerprint density at radius 2 is 1.44 bits per heavy atom. The molecule has 0 saturated heterocycles. The van der Waals surface area contributed by atoms with E-state index in [0.717, 1.165) is 5.92 Å². The van der Waals surface area contributed by atoms with E-state index in [1.54, 1.807) is 0 Å². The molecule has 0 amide bonds. The Bertz CT molecular complexity index is 59.5. The molecule has 0 aliphatic heterocycles. The number of rotatable bonds is 1. The first kappa shape index (κ1) is 11.7. The average Bonchev–Trinajstić information content (AvgIpc) is 1.21. The Morgan fingerprint density at radius 3 is 1.44 bits per heavy atom. The first-order valence-corrected chi connectivity index (χ1v) is 3.42. The number of halogens is 1. The van der Waals surface area contributed by atoms with Crippen molar-refractivity contribution < 1.29 is 4.70 Å². The molecule has 0 atom stereocenters. The van der Waals surface area contributed by atoms with Gasteiger partial charge in [-0.25, -0.2) is 0 Å². The Kier molecular flexibility index (Phi) is 5.02. The molecule has 0 heterocycles. The zero-order chi connectivity index (χ0) is 6.78. The van der Waals surface area contributed by atoms with Crippen molar-refractivity contribution in [1.29, 1.82) is 0 Å². The molecular weight excluding hydrogens is 115 g/mol. The molecular formula is C8H19F. The molecule has 0 radical (unpaired) electrons. The van der Waals surface area contributed by atoms with Gasteiger partial charge < -0.3 is 0 Å². The highest BCUT2D eigenvalue weighted by Gasteiger charge is 2.11. The molecule has 0 aromatic rings. The summed E-state index contributed by atoms with van der Waals surface area (Å²) < 4.78 is 0. The van der Waals surface area contributed by atoms with Gasteiger partial charge in [0.15, 0.2) is 0 Å². The lowest BCUT2D eigenvalue weighted by Crippen LogP contribution is -2.08. The third-order valence-electron chi connectivity index (χ3n) is 1.02. The molecule has 58 valence electrons. The van der Waals surface area contributed by atoms with Crippen LogP contribution in [-0.2, 0) is 0 Å². The van der Waals surface area contributed by atoms with E-state index in [1.165, 1.54) is 6.42 Å². The van der Waals surface area contributed by atoms with Crippen LogP contribution in [0.5, 0.6) is 0 Å². The van der Waals surface area contributed by atoms with Gasteiger partial charge in [-0.3, -0.25) is 4.70 Å². The third-order valence-corrected chi connectivity index (χ3v) is 1.02. The fourth-order valence-corrected chi connectivity index (χ4v) is 1.22. The molecule has 0 nitrogen and oxygen atoms in total. The molecule has 1 heteroatoms. The van der Waals surface area contributed by atoms with Crippen molar-refractivity contribution in [3.05, 3.63) is 0 Å².